The molecule has 0 saturated carbocycles. The van der Waals surface area contributed by atoms with Crippen molar-refractivity contribution in [1.82, 2.24) is 4.72 Å². The van der Waals surface area contributed by atoms with Crippen LogP contribution in [0.25, 0.3) is 0 Å². The van der Waals surface area contributed by atoms with Gasteiger partial charge in [0.1, 0.15) is 9.84 Å². The Morgan fingerprint density at radius 1 is 1.28 bits per heavy atom. The standard InChI is InChI=1S/C10H14ClNO4S2/c1-8(7-17(2,13)14)12-18(15,16)10-5-3-4-9(11)6-10/h3-6,8,12H,7H2,1-2H3/t8-/m1/s1. The van der Waals surface area contributed by atoms with E-state index < -0.39 is 25.9 Å². The summed E-state index contributed by atoms with van der Waals surface area (Å²) in [7, 11) is -6.99. The fourth-order valence-corrected chi connectivity index (χ4v) is 4.10. The third kappa shape index (κ3) is 4.93. The largest absolute Gasteiger partial charge is 0.240 e. The van der Waals surface area contributed by atoms with Crippen LogP contribution in [-0.4, -0.2) is 34.9 Å². The summed E-state index contributed by atoms with van der Waals surface area (Å²) in [6.45, 7) is 1.49. The second kappa shape index (κ2) is 5.56. The molecule has 1 N–H and O–H groups in total. The van der Waals surface area contributed by atoms with Crippen molar-refractivity contribution in [2.75, 3.05) is 12.0 Å². The molecule has 8 heteroatoms. The average Bonchev–Trinajstić information content (AvgIpc) is 2.13. The number of halogens is 1. The van der Waals surface area contributed by atoms with Crippen LogP contribution in [0, 0.1) is 0 Å². The number of benzene rings is 1. The number of rotatable bonds is 5. The van der Waals surface area contributed by atoms with E-state index in [1.165, 1.54) is 25.1 Å². The molecule has 0 fully saturated rings. The van der Waals surface area contributed by atoms with Crippen LogP contribution in [0.4, 0.5) is 0 Å². The van der Waals surface area contributed by atoms with Crippen LogP contribution in [0.5, 0.6) is 0 Å². The van der Waals surface area contributed by atoms with E-state index >= 15 is 0 Å². The Kier molecular flexibility index (Phi) is 4.77. The van der Waals surface area contributed by atoms with Gasteiger partial charge in [-0.05, 0) is 25.1 Å². The lowest BCUT2D eigenvalue weighted by atomic mass is 10.4. The first-order valence-corrected chi connectivity index (χ1v) is 8.98. The summed E-state index contributed by atoms with van der Waals surface area (Å²) in [5, 5.41) is 0.300. The number of hydrogen-bond acceptors (Lipinski definition) is 4. The molecule has 1 rings (SSSR count). The maximum absolute atomic E-state index is 11.9. The van der Waals surface area contributed by atoms with Gasteiger partial charge < -0.3 is 0 Å². The SMILES string of the molecule is C[C@H](CS(C)(=O)=O)NS(=O)(=O)c1cccc(Cl)c1. The van der Waals surface area contributed by atoms with Crippen LogP contribution in [0.3, 0.4) is 0 Å². The number of hydrogen-bond donors (Lipinski definition) is 1. The lowest BCUT2D eigenvalue weighted by Gasteiger charge is -2.13. The molecule has 18 heavy (non-hydrogen) atoms. The zero-order valence-corrected chi connectivity index (χ0v) is 12.3. The first-order valence-electron chi connectivity index (χ1n) is 5.06. The molecule has 0 aliphatic carbocycles. The molecule has 0 saturated heterocycles. The van der Waals surface area contributed by atoms with Crippen molar-refractivity contribution >= 4 is 31.5 Å². The van der Waals surface area contributed by atoms with Crippen molar-refractivity contribution in [1.29, 1.82) is 0 Å². The Morgan fingerprint density at radius 3 is 2.39 bits per heavy atom. The Labute approximate surface area is 112 Å². The molecule has 5 nitrogen and oxygen atoms in total. The van der Waals surface area contributed by atoms with Crippen molar-refractivity contribution in [3.8, 4) is 0 Å². The van der Waals surface area contributed by atoms with Gasteiger partial charge in [0.2, 0.25) is 10.0 Å². The lowest BCUT2D eigenvalue weighted by molar-refractivity contribution is 0.564. The number of sulfonamides is 1. The van der Waals surface area contributed by atoms with Gasteiger partial charge in [-0.2, -0.15) is 0 Å². The van der Waals surface area contributed by atoms with Gasteiger partial charge in [-0.15, -0.1) is 0 Å². The Hall–Kier alpha value is -0.630. The molecule has 0 amide bonds. The summed E-state index contributed by atoms with van der Waals surface area (Å²) in [5.41, 5.74) is 0. The van der Waals surface area contributed by atoms with E-state index in [0.717, 1.165) is 6.26 Å². The molecule has 102 valence electrons. The maximum Gasteiger partial charge on any atom is 0.240 e. The predicted molar refractivity (Wildman–Crippen MR) is 70.9 cm³/mol. The third-order valence-corrected chi connectivity index (χ3v) is 4.94. The second-order valence-corrected chi connectivity index (χ2v) is 8.41. The lowest BCUT2D eigenvalue weighted by Crippen LogP contribution is -2.37. The molecule has 0 aliphatic rings. The van der Waals surface area contributed by atoms with E-state index in [2.05, 4.69) is 4.72 Å². The number of sulfone groups is 1. The van der Waals surface area contributed by atoms with Crippen LogP contribution in [0.15, 0.2) is 29.2 Å². The summed E-state index contributed by atoms with van der Waals surface area (Å²) in [6, 6.07) is 5.06. The second-order valence-electron chi connectivity index (χ2n) is 4.07. The Morgan fingerprint density at radius 2 is 1.89 bits per heavy atom. The molecule has 0 aliphatic heterocycles. The average molecular weight is 312 g/mol. The summed E-state index contributed by atoms with van der Waals surface area (Å²) >= 11 is 5.71. The smallest absolute Gasteiger partial charge is 0.229 e. The molecular weight excluding hydrogens is 298 g/mol. The van der Waals surface area contributed by atoms with Gasteiger partial charge in [-0.3, -0.25) is 0 Å². The number of nitrogens with one attached hydrogen (secondary N) is 1. The fourth-order valence-electron chi connectivity index (χ4n) is 1.46. The molecule has 1 aromatic rings. The quantitative estimate of drug-likeness (QED) is 0.881. The van der Waals surface area contributed by atoms with Crippen LogP contribution < -0.4 is 4.72 Å². The zero-order chi connectivity index (χ0) is 14.0. The van der Waals surface area contributed by atoms with E-state index in [1.807, 2.05) is 0 Å². The van der Waals surface area contributed by atoms with Crippen molar-refractivity contribution in [3.63, 3.8) is 0 Å². The first kappa shape index (κ1) is 15.4. The van der Waals surface area contributed by atoms with E-state index in [-0.39, 0.29) is 10.6 Å². The zero-order valence-electron chi connectivity index (χ0n) is 9.92. The molecule has 0 aromatic heterocycles. The summed E-state index contributed by atoms with van der Waals surface area (Å²) in [6.07, 6.45) is 1.05. The third-order valence-electron chi connectivity index (χ3n) is 2.02. The summed E-state index contributed by atoms with van der Waals surface area (Å²) < 4.78 is 48.2. The van der Waals surface area contributed by atoms with Crippen LogP contribution in [0.1, 0.15) is 6.92 Å². The van der Waals surface area contributed by atoms with Crippen LogP contribution >= 0.6 is 11.6 Å². The van der Waals surface area contributed by atoms with Crippen molar-refractivity contribution < 1.29 is 16.8 Å². The highest BCUT2D eigenvalue weighted by atomic mass is 35.5. The molecule has 0 unspecified atom stereocenters. The predicted octanol–water partition coefficient (Wildman–Crippen LogP) is 1.05. The van der Waals surface area contributed by atoms with Gasteiger partial charge in [-0.1, -0.05) is 17.7 Å². The van der Waals surface area contributed by atoms with Gasteiger partial charge in [0.15, 0.2) is 0 Å². The topological polar surface area (TPSA) is 80.3 Å². The minimum atomic E-state index is -3.75. The molecular formula is C10H14ClNO4S2. The highest BCUT2D eigenvalue weighted by molar-refractivity contribution is 7.91. The van der Waals surface area contributed by atoms with Gasteiger partial charge >= 0.3 is 0 Å². The monoisotopic (exact) mass is 311 g/mol. The summed E-state index contributed by atoms with van der Waals surface area (Å²) in [4.78, 5) is 0.00958. The Balaban J connectivity index is 2.89. The minimum absolute atomic E-state index is 0.00958. The van der Waals surface area contributed by atoms with Crippen LogP contribution in [0.2, 0.25) is 5.02 Å². The molecule has 0 spiro atoms. The molecule has 1 atom stereocenters. The highest BCUT2D eigenvalue weighted by Crippen LogP contribution is 2.15. The van der Waals surface area contributed by atoms with Gasteiger partial charge in [0, 0.05) is 17.3 Å². The normalized spacial score (nSPS) is 14.4. The molecule has 0 heterocycles. The Bertz CT molecular complexity index is 625. The van der Waals surface area contributed by atoms with Crippen molar-refractivity contribution in [2.45, 2.75) is 17.9 Å². The van der Waals surface area contributed by atoms with Crippen molar-refractivity contribution in [3.05, 3.63) is 29.3 Å². The molecule has 1 aromatic carbocycles. The van der Waals surface area contributed by atoms with Gasteiger partial charge in [0.05, 0.1) is 10.6 Å². The van der Waals surface area contributed by atoms with Crippen molar-refractivity contribution in [2.24, 2.45) is 0 Å². The maximum atomic E-state index is 11.9. The van der Waals surface area contributed by atoms with Crippen LogP contribution in [-0.2, 0) is 19.9 Å². The molecule has 0 radical (unpaired) electrons. The van der Waals surface area contributed by atoms with E-state index in [9.17, 15) is 16.8 Å². The first-order chi connectivity index (χ1) is 8.10. The fraction of sp³-hybridized carbons (Fsp3) is 0.400. The van der Waals surface area contributed by atoms with Gasteiger partial charge in [0.25, 0.3) is 0 Å². The van der Waals surface area contributed by atoms with Gasteiger partial charge in [-0.25, -0.2) is 21.6 Å². The van der Waals surface area contributed by atoms with E-state index in [1.54, 1.807) is 6.07 Å². The minimum Gasteiger partial charge on any atom is -0.229 e. The molecule has 0 bridgehead atoms. The summed E-state index contributed by atoms with van der Waals surface area (Å²) in [5.74, 6) is -0.257. The highest BCUT2D eigenvalue weighted by Gasteiger charge is 2.20. The van der Waals surface area contributed by atoms with E-state index in [0.29, 0.717) is 5.02 Å². The van der Waals surface area contributed by atoms with E-state index in [4.69, 9.17) is 11.6 Å².